The lowest BCUT2D eigenvalue weighted by Crippen LogP contribution is -2.29. The van der Waals surface area contributed by atoms with Crippen LogP contribution in [0.1, 0.15) is 24.0 Å². The molecule has 0 unspecified atom stereocenters. The SMILES string of the molecule is Cc1ccc(-c2nn(-c3ccccc3)cc2/C=C2/SC(=S)N(CCCC(=O)O)C2=O)cc1. The summed E-state index contributed by atoms with van der Waals surface area (Å²) in [6.07, 6.45) is 4.08. The number of aliphatic carboxylic acids is 1. The topological polar surface area (TPSA) is 75.4 Å². The molecule has 0 aliphatic carbocycles. The molecule has 0 spiro atoms. The smallest absolute Gasteiger partial charge is 0.303 e. The van der Waals surface area contributed by atoms with Gasteiger partial charge in [0.25, 0.3) is 5.91 Å². The van der Waals surface area contributed by atoms with Crippen molar-refractivity contribution >= 4 is 46.3 Å². The van der Waals surface area contributed by atoms with E-state index >= 15 is 0 Å². The predicted molar refractivity (Wildman–Crippen MR) is 130 cm³/mol. The second-order valence-electron chi connectivity index (χ2n) is 7.41. The fourth-order valence-corrected chi connectivity index (χ4v) is 4.66. The number of rotatable bonds is 7. The van der Waals surface area contributed by atoms with Crippen molar-refractivity contribution in [3.05, 3.63) is 76.8 Å². The minimum atomic E-state index is -0.887. The molecule has 1 aliphatic heterocycles. The first kappa shape index (κ1) is 22.0. The molecular weight excluding hydrogens is 442 g/mol. The van der Waals surface area contributed by atoms with Crippen LogP contribution in [0.25, 0.3) is 23.0 Å². The number of para-hydroxylation sites is 1. The number of amides is 1. The Morgan fingerprint density at radius 2 is 1.88 bits per heavy atom. The number of carboxylic acids is 1. The van der Waals surface area contributed by atoms with Crippen LogP contribution in [-0.2, 0) is 9.59 Å². The average molecular weight is 464 g/mol. The van der Waals surface area contributed by atoms with Crippen LogP contribution in [0.5, 0.6) is 0 Å². The van der Waals surface area contributed by atoms with Crippen molar-refractivity contribution in [2.24, 2.45) is 0 Å². The molecule has 32 heavy (non-hydrogen) atoms. The minimum absolute atomic E-state index is 0.00245. The number of carboxylic acid groups (broad SMARTS) is 1. The standard InChI is InChI=1S/C24H21N3O3S2/c1-16-9-11-17(12-10-16)22-18(15-27(25-22)19-6-3-2-4-7-19)14-20-23(30)26(24(31)32-20)13-5-8-21(28)29/h2-4,6-7,9-12,14-15H,5,8,13H2,1H3,(H,28,29)/b20-14+. The summed E-state index contributed by atoms with van der Waals surface area (Å²) in [5.41, 5.74) is 4.60. The first-order chi connectivity index (χ1) is 15.4. The van der Waals surface area contributed by atoms with Gasteiger partial charge in [0.1, 0.15) is 4.32 Å². The first-order valence-corrected chi connectivity index (χ1v) is 11.3. The van der Waals surface area contributed by atoms with Crippen molar-refractivity contribution in [1.29, 1.82) is 0 Å². The maximum absolute atomic E-state index is 12.9. The van der Waals surface area contributed by atoms with Crippen molar-refractivity contribution in [3.8, 4) is 16.9 Å². The van der Waals surface area contributed by atoms with Gasteiger partial charge in [0.2, 0.25) is 0 Å². The van der Waals surface area contributed by atoms with Crippen molar-refractivity contribution in [1.82, 2.24) is 14.7 Å². The Morgan fingerprint density at radius 1 is 1.16 bits per heavy atom. The van der Waals surface area contributed by atoms with Gasteiger partial charge < -0.3 is 5.11 Å². The monoisotopic (exact) mass is 463 g/mol. The lowest BCUT2D eigenvalue weighted by Gasteiger charge is -2.13. The Kier molecular flexibility index (Phi) is 6.53. The van der Waals surface area contributed by atoms with Gasteiger partial charge in [-0.15, -0.1) is 0 Å². The summed E-state index contributed by atoms with van der Waals surface area (Å²) in [4.78, 5) is 25.7. The lowest BCUT2D eigenvalue weighted by atomic mass is 10.1. The highest BCUT2D eigenvalue weighted by molar-refractivity contribution is 8.26. The number of nitrogens with zero attached hydrogens (tertiary/aromatic N) is 3. The van der Waals surface area contributed by atoms with E-state index in [0.717, 1.165) is 28.1 Å². The molecular formula is C24H21N3O3S2. The van der Waals surface area contributed by atoms with Gasteiger partial charge in [0.05, 0.1) is 16.3 Å². The van der Waals surface area contributed by atoms with E-state index in [0.29, 0.717) is 22.2 Å². The summed E-state index contributed by atoms with van der Waals surface area (Å²) in [6.45, 7) is 2.32. The summed E-state index contributed by atoms with van der Waals surface area (Å²) >= 11 is 6.60. The van der Waals surface area contributed by atoms with Gasteiger partial charge in [-0.05, 0) is 31.6 Å². The number of aromatic nitrogens is 2. The van der Waals surface area contributed by atoms with Crippen LogP contribution in [0.2, 0.25) is 0 Å². The highest BCUT2D eigenvalue weighted by Crippen LogP contribution is 2.35. The number of benzene rings is 2. The molecule has 0 saturated carbocycles. The van der Waals surface area contributed by atoms with E-state index in [1.54, 1.807) is 4.68 Å². The zero-order valence-corrected chi connectivity index (χ0v) is 19.0. The zero-order valence-electron chi connectivity index (χ0n) is 17.4. The number of carbonyl (C=O) groups excluding carboxylic acids is 1. The van der Waals surface area contributed by atoms with Crippen molar-refractivity contribution in [2.45, 2.75) is 19.8 Å². The molecule has 1 amide bonds. The van der Waals surface area contributed by atoms with Crippen LogP contribution in [0.3, 0.4) is 0 Å². The number of aryl methyl sites for hydroxylation is 1. The van der Waals surface area contributed by atoms with E-state index in [-0.39, 0.29) is 12.3 Å². The summed E-state index contributed by atoms with van der Waals surface area (Å²) in [5, 5.41) is 13.7. The third-order valence-corrected chi connectivity index (χ3v) is 6.40. The van der Waals surface area contributed by atoms with Crippen LogP contribution < -0.4 is 0 Å². The van der Waals surface area contributed by atoms with Crippen molar-refractivity contribution in [2.75, 3.05) is 6.54 Å². The molecule has 8 heteroatoms. The highest BCUT2D eigenvalue weighted by Gasteiger charge is 2.32. The Balaban J connectivity index is 1.69. The summed E-state index contributed by atoms with van der Waals surface area (Å²) in [6, 6.07) is 17.9. The van der Waals surface area contributed by atoms with E-state index in [2.05, 4.69) is 0 Å². The molecule has 1 N–H and O–H groups in total. The molecule has 2 heterocycles. The van der Waals surface area contributed by atoms with Gasteiger partial charge >= 0.3 is 5.97 Å². The van der Waals surface area contributed by atoms with Gasteiger partial charge in [-0.1, -0.05) is 72.0 Å². The fraction of sp³-hybridized carbons (Fsp3) is 0.167. The van der Waals surface area contributed by atoms with Crippen LogP contribution >= 0.6 is 24.0 Å². The molecule has 6 nitrogen and oxygen atoms in total. The quantitative estimate of drug-likeness (QED) is 0.396. The summed E-state index contributed by atoms with van der Waals surface area (Å²) < 4.78 is 2.24. The zero-order chi connectivity index (χ0) is 22.7. The number of hydrogen-bond donors (Lipinski definition) is 1. The molecule has 162 valence electrons. The van der Waals surface area contributed by atoms with E-state index in [1.807, 2.05) is 73.8 Å². The first-order valence-electron chi connectivity index (χ1n) is 10.1. The van der Waals surface area contributed by atoms with Crippen LogP contribution in [0.4, 0.5) is 0 Å². The molecule has 1 saturated heterocycles. The maximum Gasteiger partial charge on any atom is 0.303 e. The molecule has 1 aliphatic rings. The third-order valence-electron chi connectivity index (χ3n) is 5.02. The molecule has 2 aromatic carbocycles. The summed E-state index contributed by atoms with van der Waals surface area (Å²) in [5.74, 6) is -1.09. The Morgan fingerprint density at radius 3 is 2.56 bits per heavy atom. The van der Waals surface area contributed by atoms with Crippen LogP contribution in [0, 0.1) is 6.92 Å². The van der Waals surface area contributed by atoms with E-state index in [9.17, 15) is 9.59 Å². The molecule has 4 rings (SSSR count). The molecule has 1 fully saturated rings. The van der Waals surface area contributed by atoms with Gasteiger partial charge in [0.15, 0.2) is 0 Å². The fourth-order valence-electron chi connectivity index (χ4n) is 3.36. The maximum atomic E-state index is 12.9. The molecule has 0 bridgehead atoms. The van der Waals surface area contributed by atoms with Crippen molar-refractivity contribution < 1.29 is 14.7 Å². The van der Waals surface area contributed by atoms with Gasteiger partial charge in [-0.25, -0.2) is 4.68 Å². The molecule has 0 radical (unpaired) electrons. The Labute approximate surface area is 195 Å². The van der Waals surface area contributed by atoms with Crippen LogP contribution in [0.15, 0.2) is 65.7 Å². The lowest BCUT2D eigenvalue weighted by molar-refractivity contribution is -0.137. The summed E-state index contributed by atoms with van der Waals surface area (Å²) in [7, 11) is 0. The van der Waals surface area contributed by atoms with Crippen molar-refractivity contribution in [3.63, 3.8) is 0 Å². The minimum Gasteiger partial charge on any atom is -0.481 e. The van der Waals surface area contributed by atoms with Gasteiger partial charge in [0, 0.05) is 30.3 Å². The normalized spacial score (nSPS) is 15.0. The average Bonchev–Trinajstić information content (AvgIpc) is 3.31. The van der Waals surface area contributed by atoms with E-state index in [1.165, 1.54) is 16.7 Å². The molecule has 1 aromatic heterocycles. The Hall–Kier alpha value is -3.23. The Bertz CT molecular complexity index is 1200. The molecule has 3 aromatic rings. The number of hydrogen-bond acceptors (Lipinski definition) is 5. The van der Waals surface area contributed by atoms with Gasteiger partial charge in [-0.3, -0.25) is 14.5 Å². The van der Waals surface area contributed by atoms with Gasteiger partial charge in [-0.2, -0.15) is 5.10 Å². The molecule has 0 atom stereocenters. The van der Waals surface area contributed by atoms with E-state index < -0.39 is 5.97 Å². The number of thiocarbonyl (C=S) groups is 1. The second kappa shape index (κ2) is 9.50. The predicted octanol–water partition coefficient (Wildman–Crippen LogP) is 4.91. The largest absolute Gasteiger partial charge is 0.481 e. The van der Waals surface area contributed by atoms with E-state index in [4.69, 9.17) is 22.4 Å². The third kappa shape index (κ3) is 4.81. The van der Waals surface area contributed by atoms with Crippen LogP contribution in [-0.4, -0.2) is 42.5 Å². The number of carbonyl (C=O) groups is 2. The highest BCUT2D eigenvalue weighted by atomic mass is 32.2. The number of thioether (sulfide) groups is 1. The second-order valence-corrected chi connectivity index (χ2v) is 9.09.